The van der Waals surface area contributed by atoms with E-state index >= 15 is 0 Å². The molecule has 0 radical (unpaired) electrons. The van der Waals surface area contributed by atoms with Crippen molar-refractivity contribution in [1.29, 1.82) is 0 Å². The molecule has 0 atom stereocenters. The van der Waals surface area contributed by atoms with Crippen molar-refractivity contribution in [3.63, 3.8) is 0 Å². The van der Waals surface area contributed by atoms with Gasteiger partial charge in [-0.3, -0.25) is 0 Å². The Morgan fingerprint density at radius 1 is 1.39 bits per heavy atom. The van der Waals surface area contributed by atoms with E-state index in [1.54, 1.807) is 7.11 Å². The lowest BCUT2D eigenvalue weighted by atomic mass is 10.1. The van der Waals surface area contributed by atoms with Crippen LogP contribution in [0.15, 0.2) is 18.2 Å². The molecule has 0 aromatic heterocycles. The van der Waals surface area contributed by atoms with Crippen molar-refractivity contribution in [3.8, 4) is 0 Å². The van der Waals surface area contributed by atoms with Crippen molar-refractivity contribution in [2.24, 2.45) is 0 Å². The van der Waals surface area contributed by atoms with Gasteiger partial charge in [-0.2, -0.15) is 0 Å². The molecule has 2 N–H and O–H groups in total. The fourth-order valence-electron chi connectivity index (χ4n) is 1.39. The smallest absolute Gasteiger partial charge is 0.340 e. The molecule has 0 aliphatic heterocycles. The zero-order chi connectivity index (χ0) is 13.4. The molecular formula is C12H16FNO4. The first-order valence-electron chi connectivity index (χ1n) is 5.49. The van der Waals surface area contributed by atoms with E-state index in [1.807, 2.05) is 0 Å². The Morgan fingerprint density at radius 3 is 2.83 bits per heavy atom. The van der Waals surface area contributed by atoms with Crippen LogP contribution in [0, 0.1) is 5.82 Å². The highest BCUT2D eigenvalue weighted by atomic mass is 19.1. The van der Waals surface area contributed by atoms with Crippen molar-refractivity contribution in [3.05, 3.63) is 29.6 Å². The van der Waals surface area contributed by atoms with Crippen LogP contribution < -0.4 is 5.32 Å². The zero-order valence-electron chi connectivity index (χ0n) is 10.1. The van der Waals surface area contributed by atoms with Gasteiger partial charge in [-0.15, -0.1) is 0 Å². The summed E-state index contributed by atoms with van der Waals surface area (Å²) < 4.78 is 23.3. The van der Waals surface area contributed by atoms with E-state index in [0.717, 1.165) is 6.07 Å². The van der Waals surface area contributed by atoms with Crippen molar-refractivity contribution in [1.82, 2.24) is 0 Å². The summed E-state index contributed by atoms with van der Waals surface area (Å²) in [5, 5.41) is 11.7. The van der Waals surface area contributed by atoms with E-state index in [0.29, 0.717) is 26.4 Å². The second-order valence-electron chi connectivity index (χ2n) is 3.50. The SMILES string of the molecule is COCCOCCNc1cccc(F)c1C(=O)O. The topological polar surface area (TPSA) is 67.8 Å². The maximum Gasteiger partial charge on any atom is 0.340 e. The van der Waals surface area contributed by atoms with Gasteiger partial charge in [0.05, 0.1) is 25.5 Å². The monoisotopic (exact) mass is 257 g/mol. The summed E-state index contributed by atoms with van der Waals surface area (Å²) in [6, 6.07) is 4.08. The van der Waals surface area contributed by atoms with Crippen molar-refractivity contribution < 1.29 is 23.8 Å². The molecule has 0 spiro atoms. The number of benzene rings is 1. The second kappa shape index (κ2) is 7.62. The molecule has 1 aromatic carbocycles. The molecule has 1 aromatic rings. The number of halogens is 1. The first kappa shape index (κ1) is 14.4. The number of hydrogen-bond donors (Lipinski definition) is 2. The molecule has 0 aliphatic carbocycles. The minimum Gasteiger partial charge on any atom is -0.478 e. The van der Waals surface area contributed by atoms with E-state index < -0.39 is 11.8 Å². The number of aromatic carboxylic acids is 1. The van der Waals surface area contributed by atoms with Crippen LogP contribution in [0.4, 0.5) is 10.1 Å². The highest BCUT2D eigenvalue weighted by Crippen LogP contribution is 2.18. The van der Waals surface area contributed by atoms with Crippen molar-refractivity contribution >= 4 is 11.7 Å². The first-order valence-corrected chi connectivity index (χ1v) is 5.49. The minimum absolute atomic E-state index is 0.248. The summed E-state index contributed by atoms with van der Waals surface area (Å²) >= 11 is 0. The van der Waals surface area contributed by atoms with Gasteiger partial charge in [0.1, 0.15) is 11.4 Å². The Labute approximate surface area is 105 Å². The number of hydrogen-bond acceptors (Lipinski definition) is 4. The minimum atomic E-state index is -1.30. The maximum atomic E-state index is 13.3. The molecule has 0 bridgehead atoms. The summed E-state index contributed by atoms with van der Waals surface area (Å²) in [4.78, 5) is 10.9. The summed E-state index contributed by atoms with van der Waals surface area (Å²) in [5.74, 6) is -2.05. The molecule has 0 amide bonds. The number of nitrogens with one attached hydrogen (secondary N) is 1. The Morgan fingerprint density at radius 2 is 2.17 bits per heavy atom. The van der Waals surface area contributed by atoms with E-state index in [1.165, 1.54) is 12.1 Å². The fourth-order valence-corrected chi connectivity index (χ4v) is 1.39. The number of ether oxygens (including phenoxy) is 2. The predicted octanol–water partition coefficient (Wildman–Crippen LogP) is 1.60. The van der Waals surface area contributed by atoms with Crippen LogP contribution in [0.25, 0.3) is 0 Å². The molecule has 0 heterocycles. The second-order valence-corrected chi connectivity index (χ2v) is 3.50. The standard InChI is InChI=1S/C12H16FNO4/c1-17-7-8-18-6-5-14-10-4-2-3-9(13)11(10)12(15)16/h2-4,14H,5-8H2,1H3,(H,15,16). The number of anilines is 1. The van der Waals surface area contributed by atoms with E-state index in [2.05, 4.69) is 5.32 Å². The number of methoxy groups -OCH3 is 1. The number of carboxylic acid groups (broad SMARTS) is 1. The van der Waals surface area contributed by atoms with Crippen molar-refractivity contribution in [2.45, 2.75) is 0 Å². The van der Waals surface area contributed by atoms with E-state index in [9.17, 15) is 9.18 Å². The first-order chi connectivity index (χ1) is 8.66. The Balaban J connectivity index is 2.47. The molecule has 0 aliphatic rings. The molecule has 100 valence electrons. The van der Waals surface area contributed by atoms with Gasteiger partial charge in [0.25, 0.3) is 0 Å². The number of carbonyl (C=O) groups is 1. The number of carboxylic acids is 1. The van der Waals surface area contributed by atoms with E-state index in [-0.39, 0.29) is 11.3 Å². The van der Waals surface area contributed by atoms with Crippen LogP contribution in [0.5, 0.6) is 0 Å². The Kier molecular flexibility index (Phi) is 6.10. The van der Waals surface area contributed by atoms with Gasteiger partial charge in [-0.1, -0.05) is 6.07 Å². The summed E-state index contributed by atoms with van der Waals surface area (Å²) in [6.45, 7) is 1.75. The summed E-state index contributed by atoms with van der Waals surface area (Å²) in [7, 11) is 1.58. The number of rotatable bonds is 8. The summed E-state index contributed by atoms with van der Waals surface area (Å²) in [5.41, 5.74) is -0.104. The predicted molar refractivity (Wildman–Crippen MR) is 64.5 cm³/mol. The molecule has 0 saturated heterocycles. The van der Waals surface area contributed by atoms with Crippen LogP contribution in [0.1, 0.15) is 10.4 Å². The molecule has 5 nitrogen and oxygen atoms in total. The van der Waals surface area contributed by atoms with Crippen LogP contribution >= 0.6 is 0 Å². The molecule has 1 rings (SSSR count). The van der Waals surface area contributed by atoms with Crippen LogP contribution in [-0.4, -0.2) is 44.6 Å². The molecular weight excluding hydrogens is 241 g/mol. The third-order valence-electron chi connectivity index (χ3n) is 2.22. The molecule has 6 heteroatoms. The van der Waals surface area contributed by atoms with Gasteiger partial charge >= 0.3 is 5.97 Å². The quantitative estimate of drug-likeness (QED) is 0.692. The highest BCUT2D eigenvalue weighted by molar-refractivity contribution is 5.94. The summed E-state index contributed by atoms with van der Waals surface area (Å²) in [6.07, 6.45) is 0. The van der Waals surface area contributed by atoms with Gasteiger partial charge in [0.2, 0.25) is 0 Å². The maximum absolute atomic E-state index is 13.3. The lowest BCUT2D eigenvalue weighted by Crippen LogP contribution is -2.14. The largest absolute Gasteiger partial charge is 0.478 e. The molecule has 0 fully saturated rings. The third kappa shape index (κ3) is 4.31. The average Bonchev–Trinajstić information content (AvgIpc) is 2.33. The molecule has 0 unspecified atom stereocenters. The highest BCUT2D eigenvalue weighted by Gasteiger charge is 2.14. The van der Waals surface area contributed by atoms with Gasteiger partial charge in [0, 0.05) is 13.7 Å². The van der Waals surface area contributed by atoms with Crippen LogP contribution in [0.2, 0.25) is 0 Å². The van der Waals surface area contributed by atoms with Gasteiger partial charge in [0.15, 0.2) is 0 Å². The van der Waals surface area contributed by atoms with Crippen LogP contribution in [0.3, 0.4) is 0 Å². The van der Waals surface area contributed by atoms with Gasteiger partial charge in [-0.25, -0.2) is 9.18 Å². The Hall–Kier alpha value is -1.66. The normalized spacial score (nSPS) is 10.3. The lowest BCUT2D eigenvalue weighted by molar-refractivity contribution is 0.0692. The van der Waals surface area contributed by atoms with E-state index in [4.69, 9.17) is 14.6 Å². The van der Waals surface area contributed by atoms with Crippen molar-refractivity contribution in [2.75, 3.05) is 38.8 Å². The molecule has 0 saturated carbocycles. The Bertz CT molecular complexity index is 398. The molecule has 18 heavy (non-hydrogen) atoms. The van der Waals surface area contributed by atoms with Crippen LogP contribution in [-0.2, 0) is 9.47 Å². The average molecular weight is 257 g/mol. The lowest BCUT2D eigenvalue weighted by Gasteiger charge is -2.10. The van der Waals surface area contributed by atoms with Gasteiger partial charge in [-0.05, 0) is 12.1 Å². The zero-order valence-corrected chi connectivity index (χ0v) is 10.1. The van der Waals surface area contributed by atoms with Gasteiger partial charge < -0.3 is 19.9 Å². The third-order valence-corrected chi connectivity index (χ3v) is 2.22. The fraction of sp³-hybridized carbons (Fsp3) is 0.417.